The van der Waals surface area contributed by atoms with Gasteiger partial charge in [0.1, 0.15) is 0 Å². The van der Waals surface area contributed by atoms with Gasteiger partial charge in [0.25, 0.3) is 5.56 Å². The van der Waals surface area contributed by atoms with Crippen LogP contribution in [0.3, 0.4) is 0 Å². The van der Waals surface area contributed by atoms with E-state index in [1.165, 1.54) is 0 Å². The molecular formula is C26H19N3O. The zero-order chi connectivity index (χ0) is 20.4. The predicted octanol–water partition coefficient (Wildman–Crippen LogP) is 5.32. The lowest BCUT2D eigenvalue weighted by molar-refractivity contribution is 1.13. The first-order valence-electron chi connectivity index (χ1n) is 9.99. The van der Waals surface area contributed by atoms with Crippen molar-refractivity contribution in [2.45, 2.75) is 0 Å². The lowest BCUT2D eigenvalue weighted by Gasteiger charge is -2.13. The summed E-state index contributed by atoms with van der Waals surface area (Å²) >= 11 is 0. The highest BCUT2D eigenvalue weighted by atomic mass is 16.1. The zero-order valence-electron chi connectivity index (χ0n) is 16.8. The quantitative estimate of drug-likeness (QED) is 0.376. The van der Waals surface area contributed by atoms with Gasteiger partial charge < -0.3 is 4.90 Å². The highest BCUT2D eigenvalue weighted by molar-refractivity contribution is 6.22. The number of fused-ring (bicyclic) bond motifs is 5. The summed E-state index contributed by atoms with van der Waals surface area (Å²) in [4.78, 5) is 20.4. The van der Waals surface area contributed by atoms with Gasteiger partial charge in [-0.2, -0.15) is 0 Å². The molecule has 0 N–H and O–H groups in total. The van der Waals surface area contributed by atoms with Crippen LogP contribution >= 0.6 is 0 Å². The fourth-order valence-electron chi connectivity index (χ4n) is 4.55. The standard InChI is InChI=1S/C26H19N3O/c1-28(2)17-13-11-16(12-14-17)21-15-27-24-18-7-3-4-8-19(18)26(30)29-22-10-6-5-9-20(22)23(21)25(24)29/h3-15H,1-2H3. The van der Waals surface area contributed by atoms with Gasteiger partial charge in [-0.25, -0.2) is 0 Å². The number of pyridine rings is 2. The Balaban J connectivity index is 1.83. The second-order valence-electron chi connectivity index (χ2n) is 7.89. The van der Waals surface area contributed by atoms with E-state index in [0.29, 0.717) is 5.39 Å². The molecule has 0 aliphatic carbocycles. The summed E-state index contributed by atoms with van der Waals surface area (Å²) in [5.74, 6) is 0. The van der Waals surface area contributed by atoms with E-state index in [-0.39, 0.29) is 5.56 Å². The van der Waals surface area contributed by atoms with Crippen molar-refractivity contribution < 1.29 is 0 Å². The first kappa shape index (κ1) is 17.0. The molecule has 0 radical (unpaired) electrons. The second-order valence-corrected chi connectivity index (χ2v) is 7.89. The van der Waals surface area contributed by atoms with E-state index in [0.717, 1.165) is 49.5 Å². The molecule has 6 rings (SSSR count). The van der Waals surface area contributed by atoms with Gasteiger partial charge in [0.05, 0.1) is 16.6 Å². The molecule has 3 heterocycles. The largest absolute Gasteiger partial charge is 0.378 e. The minimum absolute atomic E-state index is 0.00575. The number of anilines is 1. The van der Waals surface area contributed by atoms with E-state index in [1.54, 1.807) is 0 Å². The predicted molar refractivity (Wildman–Crippen MR) is 125 cm³/mol. The Hall–Kier alpha value is -3.92. The Morgan fingerprint density at radius 2 is 1.47 bits per heavy atom. The minimum atomic E-state index is 0.00575. The third-order valence-corrected chi connectivity index (χ3v) is 6.00. The Bertz CT molecular complexity index is 1630. The van der Waals surface area contributed by atoms with Gasteiger partial charge in [0, 0.05) is 53.1 Å². The third kappa shape index (κ3) is 2.16. The molecule has 0 amide bonds. The summed E-state index contributed by atoms with van der Waals surface area (Å²) in [6.07, 6.45) is 1.95. The van der Waals surface area contributed by atoms with Crippen molar-refractivity contribution in [3.05, 3.63) is 89.3 Å². The molecular weight excluding hydrogens is 370 g/mol. The van der Waals surface area contributed by atoms with E-state index in [2.05, 4.69) is 35.2 Å². The van der Waals surface area contributed by atoms with Crippen LogP contribution in [0.4, 0.5) is 5.69 Å². The first-order chi connectivity index (χ1) is 14.6. The number of para-hydroxylation sites is 1. The van der Waals surface area contributed by atoms with E-state index in [4.69, 9.17) is 4.98 Å². The van der Waals surface area contributed by atoms with Crippen molar-refractivity contribution in [1.29, 1.82) is 0 Å². The van der Waals surface area contributed by atoms with Crippen LogP contribution < -0.4 is 10.5 Å². The van der Waals surface area contributed by atoms with Crippen LogP contribution in [0, 0.1) is 0 Å². The van der Waals surface area contributed by atoms with Crippen LogP contribution in [-0.2, 0) is 0 Å². The van der Waals surface area contributed by atoms with Crippen molar-refractivity contribution >= 4 is 43.8 Å². The highest BCUT2D eigenvalue weighted by Crippen LogP contribution is 2.39. The maximum atomic E-state index is 13.5. The number of hydrogen-bond donors (Lipinski definition) is 0. The smallest absolute Gasteiger partial charge is 0.263 e. The van der Waals surface area contributed by atoms with Crippen molar-refractivity contribution in [1.82, 2.24) is 9.38 Å². The maximum absolute atomic E-state index is 13.5. The molecule has 0 saturated heterocycles. The summed E-state index contributed by atoms with van der Waals surface area (Å²) in [7, 11) is 4.07. The minimum Gasteiger partial charge on any atom is -0.378 e. The second kappa shape index (κ2) is 6.04. The lowest BCUT2D eigenvalue weighted by atomic mass is 9.99. The molecule has 4 heteroatoms. The average Bonchev–Trinajstić information content (AvgIpc) is 3.13. The molecule has 0 fully saturated rings. The van der Waals surface area contributed by atoms with E-state index in [1.807, 2.05) is 67.2 Å². The molecule has 6 aromatic rings. The Morgan fingerprint density at radius 1 is 0.800 bits per heavy atom. The number of benzene rings is 3. The molecule has 144 valence electrons. The number of hydrogen-bond acceptors (Lipinski definition) is 3. The van der Waals surface area contributed by atoms with Gasteiger partial charge in [0.2, 0.25) is 0 Å². The van der Waals surface area contributed by atoms with Gasteiger partial charge in [-0.1, -0.05) is 48.5 Å². The molecule has 0 bridgehead atoms. The molecule has 3 aromatic heterocycles. The van der Waals surface area contributed by atoms with Gasteiger partial charge >= 0.3 is 0 Å². The molecule has 0 saturated carbocycles. The van der Waals surface area contributed by atoms with E-state index >= 15 is 0 Å². The molecule has 0 aliphatic heterocycles. The summed E-state index contributed by atoms with van der Waals surface area (Å²) in [5, 5.41) is 3.75. The highest BCUT2D eigenvalue weighted by Gasteiger charge is 2.20. The Kier molecular flexibility index (Phi) is 3.42. The van der Waals surface area contributed by atoms with Crippen molar-refractivity contribution in [2.75, 3.05) is 19.0 Å². The van der Waals surface area contributed by atoms with Crippen LogP contribution in [0.5, 0.6) is 0 Å². The van der Waals surface area contributed by atoms with Gasteiger partial charge in [-0.15, -0.1) is 0 Å². The summed E-state index contributed by atoms with van der Waals surface area (Å²) in [5.41, 5.74) is 5.97. The fraction of sp³-hybridized carbons (Fsp3) is 0.0769. The third-order valence-electron chi connectivity index (χ3n) is 6.00. The van der Waals surface area contributed by atoms with E-state index in [9.17, 15) is 4.79 Å². The number of rotatable bonds is 2. The zero-order valence-corrected chi connectivity index (χ0v) is 16.8. The van der Waals surface area contributed by atoms with Crippen LogP contribution in [0.25, 0.3) is 49.2 Å². The fourth-order valence-corrected chi connectivity index (χ4v) is 4.55. The van der Waals surface area contributed by atoms with Gasteiger partial charge in [0.15, 0.2) is 0 Å². The van der Waals surface area contributed by atoms with Crippen molar-refractivity contribution in [3.63, 3.8) is 0 Å². The molecule has 0 spiro atoms. The molecule has 0 atom stereocenters. The first-order valence-corrected chi connectivity index (χ1v) is 9.99. The van der Waals surface area contributed by atoms with Crippen LogP contribution in [0.2, 0.25) is 0 Å². The lowest BCUT2D eigenvalue weighted by Crippen LogP contribution is -2.13. The molecule has 3 aromatic carbocycles. The summed E-state index contributed by atoms with van der Waals surface area (Å²) in [6, 6.07) is 24.3. The SMILES string of the molecule is CN(C)c1ccc(-c2cnc3c4ccccc4c(=O)n4c5ccccc5c2c34)cc1. The Morgan fingerprint density at radius 3 is 2.20 bits per heavy atom. The average molecular weight is 389 g/mol. The monoisotopic (exact) mass is 389 g/mol. The van der Waals surface area contributed by atoms with Crippen LogP contribution in [0.15, 0.2) is 83.8 Å². The molecule has 30 heavy (non-hydrogen) atoms. The van der Waals surface area contributed by atoms with Crippen molar-refractivity contribution in [3.8, 4) is 11.1 Å². The molecule has 0 unspecified atom stereocenters. The molecule has 0 aliphatic rings. The van der Waals surface area contributed by atoms with E-state index < -0.39 is 0 Å². The number of aromatic nitrogens is 2. The molecule has 4 nitrogen and oxygen atoms in total. The summed E-state index contributed by atoms with van der Waals surface area (Å²) < 4.78 is 1.84. The van der Waals surface area contributed by atoms with Gasteiger partial charge in [-0.3, -0.25) is 14.2 Å². The van der Waals surface area contributed by atoms with Crippen LogP contribution in [-0.4, -0.2) is 23.5 Å². The Labute approximate surface area is 173 Å². The normalized spacial score (nSPS) is 11.8. The van der Waals surface area contributed by atoms with Crippen molar-refractivity contribution in [2.24, 2.45) is 0 Å². The summed E-state index contributed by atoms with van der Waals surface area (Å²) in [6.45, 7) is 0. The topological polar surface area (TPSA) is 37.6 Å². The number of nitrogens with zero attached hydrogens (tertiary/aromatic N) is 3. The van der Waals surface area contributed by atoms with Crippen LogP contribution in [0.1, 0.15) is 0 Å². The maximum Gasteiger partial charge on any atom is 0.263 e. The van der Waals surface area contributed by atoms with Gasteiger partial charge in [-0.05, 0) is 29.8 Å².